The van der Waals surface area contributed by atoms with Gasteiger partial charge in [-0.3, -0.25) is 0 Å². The number of aryl methyl sites for hydroxylation is 1. The lowest BCUT2D eigenvalue weighted by atomic mass is 10.2. The molecule has 0 aliphatic carbocycles. The van der Waals surface area contributed by atoms with Crippen molar-refractivity contribution in [2.45, 2.75) is 11.8 Å². The van der Waals surface area contributed by atoms with Crippen LogP contribution in [0.25, 0.3) is 0 Å². The maximum absolute atomic E-state index is 5.60. The number of benzene rings is 2. The van der Waals surface area contributed by atoms with Crippen molar-refractivity contribution in [3.8, 4) is 11.5 Å². The summed E-state index contributed by atoms with van der Waals surface area (Å²) in [6.45, 7) is 4.31. The summed E-state index contributed by atoms with van der Waals surface area (Å²) in [7, 11) is 0. The Labute approximate surface area is 129 Å². The van der Waals surface area contributed by atoms with Gasteiger partial charge in [0.2, 0.25) is 0 Å². The topological polar surface area (TPSA) is 30.5 Å². The molecule has 21 heavy (non-hydrogen) atoms. The molecule has 0 atom stereocenters. The molecule has 1 heterocycles. The molecule has 1 aliphatic heterocycles. The van der Waals surface area contributed by atoms with Crippen molar-refractivity contribution >= 4 is 17.4 Å². The molecular weight excluding hydrogens is 282 g/mol. The monoisotopic (exact) mass is 301 g/mol. The van der Waals surface area contributed by atoms with E-state index in [9.17, 15) is 0 Å². The van der Waals surface area contributed by atoms with Gasteiger partial charge in [0.05, 0.1) is 0 Å². The predicted octanol–water partition coefficient (Wildman–Crippen LogP) is 3.97. The minimum absolute atomic E-state index is 0.635. The summed E-state index contributed by atoms with van der Waals surface area (Å²) in [5.74, 6) is 2.72. The zero-order valence-corrected chi connectivity index (χ0v) is 12.9. The molecule has 1 N–H and O–H groups in total. The standard InChI is InChI=1S/C17H19NO2S/c1-13-3-2-4-14(11-13)18-7-10-21-15-5-6-16-17(12-15)20-9-8-19-16/h2-6,11-12,18H,7-10H2,1H3. The molecule has 0 amide bonds. The Hall–Kier alpha value is -1.81. The van der Waals surface area contributed by atoms with Gasteiger partial charge in [0, 0.05) is 22.9 Å². The highest BCUT2D eigenvalue weighted by atomic mass is 32.2. The van der Waals surface area contributed by atoms with E-state index in [4.69, 9.17) is 9.47 Å². The summed E-state index contributed by atoms with van der Waals surface area (Å²) < 4.78 is 11.1. The molecule has 0 spiro atoms. The highest BCUT2D eigenvalue weighted by Crippen LogP contribution is 2.34. The number of hydrogen-bond donors (Lipinski definition) is 1. The maximum Gasteiger partial charge on any atom is 0.162 e. The fraction of sp³-hybridized carbons (Fsp3) is 0.294. The van der Waals surface area contributed by atoms with Gasteiger partial charge in [0.1, 0.15) is 13.2 Å². The lowest BCUT2D eigenvalue weighted by Crippen LogP contribution is -2.15. The van der Waals surface area contributed by atoms with E-state index in [2.05, 4.69) is 48.6 Å². The normalized spacial score (nSPS) is 13.0. The van der Waals surface area contributed by atoms with Crippen molar-refractivity contribution in [2.75, 3.05) is 30.8 Å². The van der Waals surface area contributed by atoms with Crippen molar-refractivity contribution in [3.63, 3.8) is 0 Å². The minimum atomic E-state index is 0.635. The summed E-state index contributed by atoms with van der Waals surface area (Å²) in [6, 6.07) is 14.6. The third-order valence-corrected chi connectivity index (χ3v) is 4.23. The number of fused-ring (bicyclic) bond motifs is 1. The summed E-state index contributed by atoms with van der Waals surface area (Å²) in [4.78, 5) is 1.21. The molecule has 2 aromatic carbocycles. The van der Waals surface area contributed by atoms with E-state index >= 15 is 0 Å². The van der Waals surface area contributed by atoms with Crippen molar-refractivity contribution in [1.29, 1.82) is 0 Å². The van der Waals surface area contributed by atoms with Gasteiger partial charge in [-0.05, 0) is 42.8 Å². The quantitative estimate of drug-likeness (QED) is 0.668. The van der Waals surface area contributed by atoms with Crippen LogP contribution in [-0.4, -0.2) is 25.5 Å². The molecule has 0 aromatic heterocycles. The van der Waals surface area contributed by atoms with Crippen LogP contribution in [0, 0.1) is 6.92 Å². The summed E-state index contributed by atoms with van der Waals surface area (Å²) in [5.41, 5.74) is 2.46. The third kappa shape index (κ3) is 3.85. The fourth-order valence-corrected chi connectivity index (χ4v) is 3.03. The van der Waals surface area contributed by atoms with Gasteiger partial charge in [-0.2, -0.15) is 0 Å². The fourth-order valence-electron chi connectivity index (χ4n) is 2.23. The first-order valence-corrected chi connectivity index (χ1v) is 8.13. The zero-order valence-electron chi connectivity index (χ0n) is 12.1. The van der Waals surface area contributed by atoms with Gasteiger partial charge >= 0.3 is 0 Å². The molecule has 0 unspecified atom stereocenters. The van der Waals surface area contributed by atoms with Crippen LogP contribution in [0.2, 0.25) is 0 Å². The maximum atomic E-state index is 5.60. The van der Waals surface area contributed by atoms with E-state index < -0.39 is 0 Å². The van der Waals surface area contributed by atoms with E-state index in [1.54, 1.807) is 0 Å². The Kier molecular flexibility index (Phi) is 4.55. The van der Waals surface area contributed by atoms with Gasteiger partial charge < -0.3 is 14.8 Å². The molecule has 0 radical (unpaired) electrons. The lowest BCUT2D eigenvalue weighted by Gasteiger charge is -2.18. The van der Waals surface area contributed by atoms with Crippen molar-refractivity contribution in [2.24, 2.45) is 0 Å². The Bertz CT molecular complexity index is 615. The van der Waals surface area contributed by atoms with Crippen LogP contribution >= 0.6 is 11.8 Å². The largest absolute Gasteiger partial charge is 0.486 e. The number of thioether (sulfide) groups is 1. The Morgan fingerprint density at radius 1 is 1.05 bits per heavy atom. The van der Waals surface area contributed by atoms with Gasteiger partial charge in [-0.25, -0.2) is 0 Å². The van der Waals surface area contributed by atoms with Crippen molar-refractivity contribution in [3.05, 3.63) is 48.0 Å². The summed E-state index contributed by atoms with van der Waals surface area (Å²) >= 11 is 1.82. The first-order valence-electron chi connectivity index (χ1n) is 7.14. The average Bonchev–Trinajstić information content (AvgIpc) is 2.51. The Morgan fingerprint density at radius 3 is 2.76 bits per heavy atom. The summed E-state index contributed by atoms with van der Waals surface area (Å²) in [5, 5.41) is 3.44. The number of ether oxygens (including phenoxy) is 2. The lowest BCUT2D eigenvalue weighted by molar-refractivity contribution is 0.171. The van der Waals surface area contributed by atoms with E-state index in [0.29, 0.717) is 13.2 Å². The predicted molar refractivity (Wildman–Crippen MR) is 87.8 cm³/mol. The molecule has 4 heteroatoms. The van der Waals surface area contributed by atoms with Gasteiger partial charge in [0.25, 0.3) is 0 Å². The van der Waals surface area contributed by atoms with E-state index in [-0.39, 0.29) is 0 Å². The number of rotatable bonds is 5. The molecule has 3 rings (SSSR count). The van der Waals surface area contributed by atoms with Crippen LogP contribution in [0.15, 0.2) is 47.4 Å². The van der Waals surface area contributed by atoms with Gasteiger partial charge in [0.15, 0.2) is 11.5 Å². The number of hydrogen-bond acceptors (Lipinski definition) is 4. The molecule has 110 valence electrons. The van der Waals surface area contributed by atoms with Crippen LogP contribution in [0.3, 0.4) is 0 Å². The molecule has 0 bridgehead atoms. The first-order chi connectivity index (χ1) is 10.3. The number of nitrogens with one attached hydrogen (secondary N) is 1. The summed E-state index contributed by atoms with van der Waals surface area (Å²) in [6.07, 6.45) is 0. The average molecular weight is 301 g/mol. The van der Waals surface area contributed by atoms with Crippen molar-refractivity contribution < 1.29 is 9.47 Å². The highest BCUT2D eigenvalue weighted by molar-refractivity contribution is 7.99. The van der Waals surface area contributed by atoms with Gasteiger partial charge in [-0.1, -0.05) is 12.1 Å². The number of anilines is 1. The van der Waals surface area contributed by atoms with Crippen LogP contribution in [0.4, 0.5) is 5.69 Å². The Balaban J connectivity index is 1.49. The van der Waals surface area contributed by atoms with E-state index in [1.165, 1.54) is 16.1 Å². The molecule has 2 aromatic rings. The smallest absolute Gasteiger partial charge is 0.162 e. The van der Waals surface area contributed by atoms with Crippen LogP contribution in [-0.2, 0) is 0 Å². The second-order valence-electron chi connectivity index (χ2n) is 4.95. The molecular formula is C17H19NO2S. The zero-order chi connectivity index (χ0) is 14.5. The van der Waals surface area contributed by atoms with E-state index in [0.717, 1.165) is 23.8 Å². The molecule has 1 aliphatic rings. The van der Waals surface area contributed by atoms with E-state index in [1.807, 2.05) is 17.8 Å². The van der Waals surface area contributed by atoms with Crippen molar-refractivity contribution in [1.82, 2.24) is 0 Å². The third-order valence-electron chi connectivity index (χ3n) is 3.23. The molecule has 3 nitrogen and oxygen atoms in total. The molecule has 0 fully saturated rings. The minimum Gasteiger partial charge on any atom is -0.486 e. The SMILES string of the molecule is Cc1cccc(NCCSc2ccc3c(c2)OCCO3)c1. The van der Waals surface area contributed by atoms with Gasteiger partial charge in [-0.15, -0.1) is 11.8 Å². The second kappa shape index (κ2) is 6.76. The van der Waals surface area contributed by atoms with Crippen LogP contribution in [0.5, 0.6) is 11.5 Å². The first kappa shape index (κ1) is 14.1. The second-order valence-corrected chi connectivity index (χ2v) is 6.12. The molecule has 0 saturated carbocycles. The van der Waals surface area contributed by atoms with Crippen LogP contribution < -0.4 is 14.8 Å². The highest BCUT2D eigenvalue weighted by Gasteiger charge is 2.11. The Morgan fingerprint density at radius 2 is 1.90 bits per heavy atom. The van der Waals surface area contributed by atoms with Crippen LogP contribution in [0.1, 0.15) is 5.56 Å². The molecule has 0 saturated heterocycles.